The predicted molar refractivity (Wildman–Crippen MR) is 83.6 cm³/mol. The Kier molecular flexibility index (Phi) is 4.39. The molecule has 0 saturated carbocycles. The first kappa shape index (κ1) is 16.0. The molecule has 0 unspecified atom stereocenters. The number of ether oxygens (including phenoxy) is 2. The molecule has 1 amide bonds. The van der Waals surface area contributed by atoms with Gasteiger partial charge in [-0.1, -0.05) is 20.8 Å². The van der Waals surface area contributed by atoms with Gasteiger partial charge in [0.2, 0.25) is 0 Å². The summed E-state index contributed by atoms with van der Waals surface area (Å²) in [6.07, 6.45) is 3.00. The fourth-order valence-corrected chi connectivity index (χ4v) is 2.68. The van der Waals surface area contributed by atoms with Crippen molar-refractivity contribution in [2.45, 2.75) is 45.1 Å². The molecule has 7 nitrogen and oxygen atoms in total. The fourth-order valence-electron chi connectivity index (χ4n) is 2.68. The largest absolute Gasteiger partial charge is 0.501 e. The van der Waals surface area contributed by atoms with Crippen molar-refractivity contribution >= 4 is 5.91 Å². The van der Waals surface area contributed by atoms with E-state index in [9.17, 15) is 4.79 Å². The first-order chi connectivity index (χ1) is 10.9. The van der Waals surface area contributed by atoms with Crippen LogP contribution in [-0.2, 0) is 19.7 Å². The van der Waals surface area contributed by atoms with Gasteiger partial charge in [-0.15, -0.1) is 0 Å². The van der Waals surface area contributed by atoms with E-state index in [1.807, 2.05) is 4.90 Å². The summed E-state index contributed by atoms with van der Waals surface area (Å²) in [5, 5.41) is 7.23. The summed E-state index contributed by atoms with van der Waals surface area (Å²) >= 11 is 0. The normalized spacial score (nSPS) is 22.5. The van der Waals surface area contributed by atoms with Crippen molar-refractivity contribution < 1.29 is 14.3 Å². The smallest absolute Gasteiger partial charge is 0.253 e. The molecule has 1 fully saturated rings. The standard InChI is InChI=1S/C16H24N4O3/c1-16(2,3)15-17-13(18-19-15)12-9-20(6-8-23-12)14(21)11-5-4-7-22-10-11/h10,12H,4-9H2,1-3H3,(H,17,18,19)/t12-/m1/s1. The van der Waals surface area contributed by atoms with Crippen molar-refractivity contribution in [1.29, 1.82) is 0 Å². The number of nitrogens with zero attached hydrogens (tertiary/aromatic N) is 3. The Morgan fingerprint density at radius 1 is 1.39 bits per heavy atom. The van der Waals surface area contributed by atoms with Crippen LogP contribution in [-0.4, -0.2) is 52.3 Å². The molecule has 3 rings (SSSR count). The van der Waals surface area contributed by atoms with Gasteiger partial charge in [0.25, 0.3) is 5.91 Å². The molecule has 1 atom stereocenters. The maximum Gasteiger partial charge on any atom is 0.253 e. The Bertz CT molecular complexity index is 603. The number of hydrogen-bond acceptors (Lipinski definition) is 5. The van der Waals surface area contributed by atoms with Gasteiger partial charge in [0.1, 0.15) is 6.10 Å². The number of rotatable bonds is 2. The minimum absolute atomic E-state index is 0.0357. The van der Waals surface area contributed by atoms with Gasteiger partial charge >= 0.3 is 0 Å². The number of aromatic amines is 1. The molecule has 0 aromatic carbocycles. The van der Waals surface area contributed by atoms with Gasteiger partial charge in [0.05, 0.1) is 31.6 Å². The van der Waals surface area contributed by atoms with Crippen molar-refractivity contribution in [3.05, 3.63) is 23.5 Å². The van der Waals surface area contributed by atoms with E-state index in [1.54, 1.807) is 6.26 Å². The monoisotopic (exact) mass is 320 g/mol. The van der Waals surface area contributed by atoms with Crippen LogP contribution in [0.3, 0.4) is 0 Å². The lowest BCUT2D eigenvalue weighted by Crippen LogP contribution is -2.43. The van der Waals surface area contributed by atoms with Crippen LogP contribution in [0.5, 0.6) is 0 Å². The first-order valence-electron chi connectivity index (χ1n) is 8.09. The first-order valence-corrected chi connectivity index (χ1v) is 8.09. The third-order valence-electron chi connectivity index (χ3n) is 4.04. The van der Waals surface area contributed by atoms with E-state index in [1.165, 1.54) is 0 Å². The molecule has 126 valence electrons. The van der Waals surface area contributed by atoms with E-state index in [0.717, 1.165) is 24.2 Å². The Balaban J connectivity index is 1.69. The number of nitrogens with one attached hydrogen (secondary N) is 1. The summed E-state index contributed by atoms with van der Waals surface area (Å²) in [7, 11) is 0. The lowest BCUT2D eigenvalue weighted by molar-refractivity contribution is -0.135. The number of H-pyrrole nitrogens is 1. The van der Waals surface area contributed by atoms with Crippen LogP contribution in [0, 0.1) is 0 Å². The van der Waals surface area contributed by atoms with Gasteiger partial charge in [0.15, 0.2) is 11.6 Å². The topological polar surface area (TPSA) is 80.3 Å². The van der Waals surface area contributed by atoms with Crippen molar-refractivity contribution in [2.75, 3.05) is 26.3 Å². The summed E-state index contributed by atoms with van der Waals surface area (Å²) in [4.78, 5) is 18.9. The van der Waals surface area contributed by atoms with E-state index in [0.29, 0.717) is 32.1 Å². The maximum absolute atomic E-state index is 12.6. The Labute approximate surface area is 136 Å². The lowest BCUT2D eigenvalue weighted by atomic mass is 9.96. The molecule has 0 aliphatic carbocycles. The summed E-state index contributed by atoms with van der Waals surface area (Å²) in [5.41, 5.74) is 0.619. The molecule has 2 aliphatic heterocycles. The average Bonchev–Trinajstić information content (AvgIpc) is 3.05. The number of morpholine rings is 1. The molecule has 1 aromatic rings. The summed E-state index contributed by atoms with van der Waals surface area (Å²) < 4.78 is 11.1. The Hall–Kier alpha value is -1.89. The Morgan fingerprint density at radius 2 is 2.22 bits per heavy atom. The van der Waals surface area contributed by atoms with Gasteiger partial charge < -0.3 is 14.4 Å². The maximum atomic E-state index is 12.6. The van der Waals surface area contributed by atoms with Gasteiger partial charge in [-0.05, 0) is 12.8 Å². The van der Waals surface area contributed by atoms with Crippen molar-refractivity contribution in [1.82, 2.24) is 20.1 Å². The average molecular weight is 320 g/mol. The zero-order valence-electron chi connectivity index (χ0n) is 14.0. The molecule has 2 aliphatic rings. The minimum atomic E-state index is -0.263. The fraction of sp³-hybridized carbons (Fsp3) is 0.688. The van der Waals surface area contributed by atoms with Crippen LogP contribution in [0.2, 0.25) is 0 Å². The molecular formula is C16H24N4O3. The zero-order chi connectivity index (χ0) is 16.4. The van der Waals surface area contributed by atoms with Crippen molar-refractivity contribution in [3.63, 3.8) is 0 Å². The second-order valence-electron chi connectivity index (χ2n) is 7.02. The molecular weight excluding hydrogens is 296 g/mol. The highest BCUT2D eigenvalue weighted by atomic mass is 16.5. The Morgan fingerprint density at radius 3 is 2.87 bits per heavy atom. The summed E-state index contributed by atoms with van der Waals surface area (Å²) in [6, 6.07) is 0. The van der Waals surface area contributed by atoms with E-state index in [-0.39, 0.29) is 17.4 Å². The molecule has 0 radical (unpaired) electrons. The highest BCUT2D eigenvalue weighted by Gasteiger charge is 2.30. The van der Waals surface area contributed by atoms with Crippen molar-refractivity contribution in [3.8, 4) is 0 Å². The van der Waals surface area contributed by atoms with E-state index in [4.69, 9.17) is 9.47 Å². The van der Waals surface area contributed by atoms with Gasteiger partial charge in [-0.2, -0.15) is 5.10 Å². The molecule has 1 N–H and O–H groups in total. The summed E-state index contributed by atoms with van der Waals surface area (Å²) in [6.45, 7) is 8.45. The van der Waals surface area contributed by atoms with Gasteiger partial charge in [-0.25, -0.2) is 4.98 Å². The van der Waals surface area contributed by atoms with Crippen LogP contribution in [0.25, 0.3) is 0 Å². The number of carbonyl (C=O) groups excluding carboxylic acids is 1. The zero-order valence-corrected chi connectivity index (χ0v) is 14.0. The molecule has 3 heterocycles. The lowest BCUT2D eigenvalue weighted by Gasteiger charge is -2.32. The molecule has 0 bridgehead atoms. The summed E-state index contributed by atoms with van der Waals surface area (Å²) in [5.74, 6) is 1.47. The second kappa shape index (κ2) is 6.31. The third kappa shape index (κ3) is 3.55. The number of aromatic nitrogens is 3. The van der Waals surface area contributed by atoms with Crippen LogP contribution in [0.1, 0.15) is 51.4 Å². The van der Waals surface area contributed by atoms with Crippen molar-refractivity contribution in [2.24, 2.45) is 0 Å². The van der Waals surface area contributed by atoms with Crippen LogP contribution >= 0.6 is 0 Å². The van der Waals surface area contributed by atoms with E-state index in [2.05, 4.69) is 36.0 Å². The van der Waals surface area contributed by atoms with E-state index >= 15 is 0 Å². The van der Waals surface area contributed by atoms with Gasteiger partial charge in [-0.3, -0.25) is 9.89 Å². The minimum Gasteiger partial charge on any atom is -0.501 e. The van der Waals surface area contributed by atoms with Gasteiger partial charge in [0, 0.05) is 12.0 Å². The molecule has 0 spiro atoms. The number of hydrogen-bond donors (Lipinski definition) is 1. The van der Waals surface area contributed by atoms with Crippen LogP contribution in [0.15, 0.2) is 11.8 Å². The highest BCUT2D eigenvalue weighted by molar-refractivity contribution is 5.93. The highest BCUT2D eigenvalue weighted by Crippen LogP contribution is 2.24. The van der Waals surface area contributed by atoms with Crippen LogP contribution in [0.4, 0.5) is 0 Å². The molecule has 7 heteroatoms. The number of amides is 1. The molecule has 1 saturated heterocycles. The quantitative estimate of drug-likeness (QED) is 0.897. The van der Waals surface area contributed by atoms with Crippen LogP contribution < -0.4 is 0 Å². The predicted octanol–water partition coefficient (Wildman–Crippen LogP) is 1.70. The molecule has 23 heavy (non-hydrogen) atoms. The third-order valence-corrected chi connectivity index (χ3v) is 4.04. The van der Waals surface area contributed by atoms with E-state index < -0.39 is 0 Å². The molecule has 1 aromatic heterocycles. The SMILES string of the molecule is CC(C)(C)c1n[nH]c([C@H]2CN(C(=O)C3=COCCC3)CCO2)n1. The second-order valence-corrected chi connectivity index (χ2v) is 7.02. The number of carbonyl (C=O) groups is 1.